The minimum Gasteiger partial charge on any atom is -0.496 e. The van der Waals surface area contributed by atoms with Gasteiger partial charge in [-0.3, -0.25) is 4.79 Å². The normalized spacial score (nSPS) is 15.2. The van der Waals surface area contributed by atoms with Gasteiger partial charge in [0.1, 0.15) is 5.75 Å². The summed E-state index contributed by atoms with van der Waals surface area (Å²) in [6.45, 7) is 6.78. The van der Waals surface area contributed by atoms with E-state index in [1.165, 1.54) is 0 Å². The Balaban J connectivity index is 2.46. The van der Waals surface area contributed by atoms with Crippen LogP contribution in [0.25, 0.3) is 0 Å². The van der Waals surface area contributed by atoms with Crippen molar-refractivity contribution < 1.29 is 9.53 Å². The number of hydrogen-bond acceptors (Lipinski definition) is 2. The molecule has 1 aromatic rings. The standard InChI is InChI=1S/C13H17NO2/c1-13(2,3)14-8-10-9(12(14)15)6-5-7-11(10)16-4/h5-7H,8H2,1-4H3. The molecule has 0 aliphatic carbocycles. The molecule has 0 bridgehead atoms. The third kappa shape index (κ3) is 1.56. The zero-order valence-electron chi connectivity index (χ0n) is 10.2. The number of ether oxygens (including phenoxy) is 1. The van der Waals surface area contributed by atoms with Crippen molar-refractivity contribution in [3.8, 4) is 5.75 Å². The van der Waals surface area contributed by atoms with E-state index >= 15 is 0 Å². The molecule has 0 unspecified atom stereocenters. The maximum atomic E-state index is 12.2. The van der Waals surface area contributed by atoms with Crippen LogP contribution in [0, 0.1) is 0 Å². The number of rotatable bonds is 1. The summed E-state index contributed by atoms with van der Waals surface area (Å²) in [5, 5.41) is 0. The van der Waals surface area contributed by atoms with Crippen LogP contribution >= 0.6 is 0 Å². The number of amides is 1. The topological polar surface area (TPSA) is 29.5 Å². The number of methoxy groups -OCH3 is 1. The Hall–Kier alpha value is -1.51. The number of benzene rings is 1. The molecule has 0 saturated heterocycles. The summed E-state index contributed by atoms with van der Waals surface area (Å²) in [6, 6.07) is 5.63. The second-order valence-electron chi connectivity index (χ2n) is 5.05. The number of carbonyl (C=O) groups excluding carboxylic acids is 1. The van der Waals surface area contributed by atoms with Gasteiger partial charge >= 0.3 is 0 Å². The zero-order valence-corrected chi connectivity index (χ0v) is 10.2. The van der Waals surface area contributed by atoms with Crippen LogP contribution in [0.1, 0.15) is 36.7 Å². The molecule has 1 amide bonds. The quantitative estimate of drug-likeness (QED) is 0.726. The minimum atomic E-state index is -0.152. The van der Waals surface area contributed by atoms with E-state index in [1.807, 2.05) is 43.9 Å². The summed E-state index contributed by atoms with van der Waals surface area (Å²) < 4.78 is 5.29. The van der Waals surface area contributed by atoms with Gasteiger partial charge in [0.2, 0.25) is 0 Å². The third-order valence-corrected chi connectivity index (χ3v) is 2.95. The molecule has 86 valence electrons. The van der Waals surface area contributed by atoms with Gasteiger partial charge in [-0.2, -0.15) is 0 Å². The molecule has 0 radical (unpaired) electrons. The van der Waals surface area contributed by atoms with Gasteiger partial charge in [0.15, 0.2) is 0 Å². The fraction of sp³-hybridized carbons (Fsp3) is 0.462. The Morgan fingerprint density at radius 1 is 1.31 bits per heavy atom. The molecule has 1 aromatic carbocycles. The van der Waals surface area contributed by atoms with Gasteiger partial charge in [0, 0.05) is 16.7 Å². The number of carbonyl (C=O) groups is 1. The first-order valence-corrected chi connectivity index (χ1v) is 5.43. The summed E-state index contributed by atoms with van der Waals surface area (Å²) in [4.78, 5) is 14.1. The molecular weight excluding hydrogens is 202 g/mol. The van der Waals surface area contributed by atoms with Crippen LogP contribution in [0.4, 0.5) is 0 Å². The fourth-order valence-electron chi connectivity index (χ4n) is 2.04. The molecule has 3 heteroatoms. The summed E-state index contributed by atoms with van der Waals surface area (Å²) in [6.07, 6.45) is 0. The number of hydrogen-bond donors (Lipinski definition) is 0. The predicted molar refractivity (Wildman–Crippen MR) is 62.6 cm³/mol. The van der Waals surface area contributed by atoms with Gasteiger partial charge in [0.25, 0.3) is 5.91 Å². The van der Waals surface area contributed by atoms with Crippen molar-refractivity contribution in [3.05, 3.63) is 29.3 Å². The van der Waals surface area contributed by atoms with Crippen LogP contribution in [-0.2, 0) is 6.54 Å². The van der Waals surface area contributed by atoms with Gasteiger partial charge in [-0.1, -0.05) is 6.07 Å². The monoisotopic (exact) mass is 219 g/mol. The lowest BCUT2D eigenvalue weighted by Gasteiger charge is -2.31. The van der Waals surface area contributed by atoms with Crippen LogP contribution in [0.3, 0.4) is 0 Å². The highest BCUT2D eigenvalue weighted by atomic mass is 16.5. The summed E-state index contributed by atoms with van der Waals surface area (Å²) in [5.74, 6) is 0.902. The van der Waals surface area contributed by atoms with Gasteiger partial charge in [0.05, 0.1) is 13.7 Å². The van der Waals surface area contributed by atoms with Crippen molar-refractivity contribution in [2.24, 2.45) is 0 Å². The molecule has 0 fully saturated rings. The van der Waals surface area contributed by atoms with Crippen molar-refractivity contribution in [1.82, 2.24) is 4.90 Å². The highest BCUT2D eigenvalue weighted by Gasteiger charge is 2.36. The van der Waals surface area contributed by atoms with Gasteiger partial charge in [-0.05, 0) is 32.9 Å². The van der Waals surface area contributed by atoms with Gasteiger partial charge in [-0.15, -0.1) is 0 Å². The fourth-order valence-corrected chi connectivity index (χ4v) is 2.04. The Bertz CT molecular complexity index is 432. The van der Waals surface area contributed by atoms with E-state index in [0.29, 0.717) is 6.54 Å². The van der Waals surface area contributed by atoms with Crippen molar-refractivity contribution >= 4 is 5.91 Å². The van der Waals surface area contributed by atoms with Crippen molar-refractivity contribution in [2.45, 2.75) is 32.9 Å². The average molecular weight is 219 g/mol. The molecule has 0 N–H and O–H groups in total. The molecule has 3 nitrogen and oxygen atoms in total. The van der Waals surface area contributed by atoms with Crippen LogP contribution in [0.15, 0.2) is 18.2 Å². The van der Waals surface area contributed by atoms with E-state index in [-0.39, 0.29) is 11.4 Å². The largest absolute Gasteiger partial charge is 0.496 e. The molecule has 1 heterocycles. The third-order valence-electron chi connectivity index (χ3n) is 2.95. The van der Waals surface area contributed by atoms with Crippen LogP contribution < -0.4 is 4.74 Å². The Kier molecular flexibility index (Phi) is 2.41. The average Bonchev–Trinajstić information content (AvgIpc) is 2.56. The first kappa shape index (κ1) is 11.0. The van der Waals surface area contributed by atoms with E-state index in [4.69, 9.17) is 4.74 Å². The lowest BCUT2D eigenvalue weighted by atomic mass is 10.1. The van der Waals surface area contributed by atoms with E-state index in [0.717, 1.165) is 16.9 Å². The molecular formula is C13H17NO2. The molecule has 1 aliphatic heterocycles. The van der Waals surface area contributed by atoms with Gasteiger partial charge in [-0.25, -0.2) is 0 Å². The molecule has 0 saturated carbocycles. The Labute approximate surface area is 96.0 Å². The second kappa shape index (κ2) is 3.51. The van der Waals surface area contributed by atoms with Crippen molar-refractivity contribution in [3.63, 3.8) is 0 Å². The van der Waals surface area contributed by atoms with E-state index < -0.39 is 0 Å². The zero-order chi connectivity index (χ0) is 11.9. The lowest BCUT2D eigenvalue weighted by Crippen LogP contribution is -2.41. The lowest BCUT2D eigenvalue weighted by molar-refractivity contribution is 0.0609. The Morgan fingerprint density at radius 2 is 2.00 bits per heavy atom. The molecule has 0 aromatic heterocycles. The molecule has 2 rings (SSSR count). The highest BCUT2D eigenvalue weighted by Crippen LogP contribution is 2.34. The summed E-state index contributed by atoms with van der Waals surface area (Å²) in [7, 11) is 1.64. The molecule has 16 heavy (non-hydrogen) atoms. The highest BCUT2D eigenvalue weighted by molar-refractivity contribution is 5.99. The molecule has 0 atom stereocenters. The smallest absolute Gasteiger partial charge is 0.255 e. The van der Waals surface area contributed by atoms with Crippen LogP contribution in [-0.4, -0.2) is 23.5 Å². The van der Waals surface area contributed by atoms with Gasteiger partial charge < -0.3 is 9.64 Å². The number of fused-ring (bicyclic) bond motifs is 1. The maximum absolute atomic E-state index is 12.2. The van der Waals surface area contributed by atoms with Crippen LogP contribution in [0.5, 0.6) is 5.75 Å². The molecule has 0 spiro atoms. The predicted octanol–water partition coefficient (Wildman–Crippen LogP) is 2.45. The number of nitrogens with zero attached hydrogens (tertiary/aromatic N) is 1. The second-order valence-corrected chi connectivity index (χ2v) is 5.05. The Morgan fingerprint density at radius 3 is 2.56 bits per heavy atom. The summed E-state index contributed by atoms with van der Waals surface area (Å²) >= 11 is 0. The molecule has 1 aliphatic rings. The van der Waals surface area contributed by atoms with Crippen molar-refractivity contribution in [2.75, 3.05) is 7.11 Å². The van der Waals surface area contributed by atoms with E-state index in [9.17, 15) is 4.79 Å². The van der Waals surface area contributed by atoms with E-state index in [2.05, 4.69) is 0 Å². The maximum Gasteiger partial charge on any atom is 0.255 e. The SMILES string of the molecule is COc1cccc2c1CN(C(C)(C)C)C2=O. The first-order valence-electron chi connectivity index (χ1n) is 5.43. The summed E-state index contributed by atoms with van der Waals surface area (Å²) in [5.41, 5.74) is 1.63. The van der Waals surface area contributed by atoms with Crippen molar-refractivity contribution in [1.29, 1.82) is 0 Å². The van der Waals surface area contributed by atoms with E-state index in [1.54, 1.807) is 7.11 Å². The minimum absolute atomic E-state index is 0.0985. The van der Waals surface area contributed by atoms with Crippen LogP contribution in [0.2, 0.25) is 0 Å². The first-order chi connectivity index (χ1) is 7.45.